The molecule has 3 rings (SSSR count). The van der Waals surface area contributed by atoms with Crippen LogP contribution in [0.5, 0.6) is 0 Å². The van der Waals surface area contributed by atoms with Crippen molar-refractivity contribution in [3.63, 3.8) is 0 Å². The van der Waals surface area contributed by atoms with Gasteiger partial charge in [-0.1, -0.05) is 275 Å². The van der Waals surface area contributed by atoms with Crippen LogP contribution < -0.4 is 9.80 Å². The van der Waals surface area contributed by atoms with Gasteiger partial charge < -0.3 is 9.80 Å². The molecular formula is C66H110N2. The third-order valence-electron chi connectivity index (χ3n) is 7.26. The van der Waals surface area contributed by atoms with Gasteiger partial charge in [-0.2, -0.15) is 0 Å². The van der Waals surface area contributed by atoms with Crippen LogP contribution in [-0.4, -0.2) is 0 Å². The van der Waals surface area contributed by atoms with E-state index in [-0.39, 0.29) is 0 Å². The van der Waals surface area contributed by atoms with Gasteiger partial charge in [0.25, 0.3) is 0 Å². The second-order valence-corrected chi connectivity index (χ2v) is 10.4. The average Bonchev–Trinajstić information content (AvgIpc) is 3.44. The number of anilines is 2. The van der Waals surface area contributed by atoms with Crippen LogP contribution in [0.25, 0.3) is 22.3 Å². The summed E-state index contributed by atoms with van der Waals surface area (Å²) in [6, 6.07) is 26.0. The van der Waals surface area contributed by atoms with Crippen molar-refractivity contribution in [1.29, 1.82) is 0 Å². The van der Waals surface area contributed by atoms with E-state index in [9.17, 15) is 0 Å². The van der Waals surface area contributed by atoms with Crippen LogP contribution in [0.1, 0.15) is 166 Å². The van der Waals surface area contributed by atoms with Crippen LogP contribution in [0, 0.1) is 0 Å². The molecule has 0 amide bonds. The summed E-state index contributed by atoms with van der Waals surface area (Å²) in [5.74, 6) is 0. The van der Waals surface area contributed by atoms with Gasteiger partial charge in [0, 0.05) is 34.2 Å². The van der Waals surface area contributed by atoms with E-state index in [0.717, 1.165) is 45.3 Å². The zero-order chi connectivity index (χ0) is 55.3. The molecule has 0 atom stereocenters. The molecule has 3 aromatic carbocycles. The smallest absolute Gasteiger partial charge is 0.0462 e. The van der Waals surface area contributed by atoms with Gasteiger partial charge >= 0.3 is 0 Å². The molecule has 0 aliphatic carbocycles. The number of allylic oxidation sites excluding steroid dienone is 15. The average molecular weight is 932 g/mol. The van der Waals surface area contributed by atoms with Crippen molar-refractivity contribution in [2.75, 3.05) is 9.80 Å². The lowest BCUT2D eigenvalue weighted by atomic mass is 9.99. The summed E-state index contributed by atoms with van der Waals surface area (Å²) < 4.78 is 0. The SMILES string of the molecule is C=C/C=C(\C=C)N(C(/C=C\C)=C/C=C)c1ccc(-c2ccc(-c3ccc(N(/C(C)=C/C)C(/C=C\C)=C/C=C)cc3)cc2)cc1.C=CC=C.CC.CC.CC.CC.CC.CC.CC.CC.CC.CC. The third kappa shape index (κ3) is 36.3. The van der Waals surface area contributed by atoms with Crippen molar-refractivity contribution in [1.82, 2.24) is 0 Å². The summed E-state index contributed by atoms with van der Waals surface area (Å²) in [5, 5.41) is 0. The Morgan fingerprint density at radius 2 is 0.574 bits per heavy atom. The lowest BCUT2D eigenvalue weighted by molar-refractivity contribution is 1.09. The van der Waals surface area contributed by atoms with Gasteiger partial charge in [0.2, 0.25) is 0 Å². The summed E-state index contributed by atoms with van der Waals surface area (Å²) >= 11 is 0. The molecule has 0 fully saturated rings. The highest BCUT2D eigenvalue weighted by atomic mass is 15.2. The molecule has 0 heterocycles. The van der Waals surface area contributed by atoms with E-state index in [0.29, 0.717) is 0 Å². The van der Waals surface area contributed by atoms with Gasteiger partial charge in [0.1, 0.15) is 0 Å². The molecule has 0 N–H and O–H groups in total. The number of hydrogen-bond donors (Lipinski definition) is 0. The zero-order valence-electron chi connectivity index (χ0n) is 49.1. The Kier molecular flexibility index (Phi) is 84.9. The standard InChI is InChI=1S/C42H44N2.C4H6.10C2H6/c1-9-16-38(15-7)44(40(19-12-4)20-13-5)42-31-27-37(28-32-42)35-23-21-34(22-24-35)36-25-29-41(30-26-36)43(33(8)14-6)39(17-10-2)18-11-3;1-3-4-2;10*1-2/h9-32H,1-2,4,7H2,3,5-6,8H3;3-4H,1-2H2;10*1-2H3/b18-11-,20-13-,33-14+,38-16+,39-17+,40-19+;;;;;;;;;;;. The maximum absolute atomic E-state index is 4.03. The van der Waals surface area contributed by atoms with E-state index in [4.69, 9.17) is 0 Å². The maximum Gasteiger partial charge on any atom is 0.0462 e. The molecular weight excluding hydrogens is 821 g/mol. The quantitative estimate of drug-likeness (QED) is 0.140. The van der Waals surface area contributed by atoms with Gasteiger partial charge in [-0.3, -0.25) is 0 Å². The van der Waals surface area contributed by atoms with Crippen molar-refractivity contribution in [3.8, 4) is 22.3 Å². The first kappa shape index (κ1) is 82.3. The minimum atomic E-state index is 0.924. The van der Waals surface area contributed by atoms with Crippen LogP contribution in [0.3, 0.4) is 0 Å². The van der Waals surface area contributed by atoms with E-state index in [1.807, 2.05) is 195 Å². The van der Waals surface area contributed by atoms with Gasteiger partial charge in [0.05, 0.1) is 0 Å². The Morgan fingerprint density at radius 3 is 0.794 bits per heavy atom. The van der Waals surface area contributed by atoms with Crippen molar-refractivity contribution < 1.29 is 0 Å². The fraction of sp³-hybridized carbons (Fsp3) is 0.364. The lowest BCUT2D eigenvalue weighted by Gasteiger charge is -2.27. The first-order chi connectivity index (χ1) is 33.4. The fourth-order valence-corrected chi connectivity index (χ4v) is 4.94. The third-order valence-corrected chi connectivity index (χ3v) is 7.26. The maximum atomic E-state index is 4.03. The summed E-state index contributed by atoms with van der Waals surface area (Å²) in [5.41, 5.74) is 10.9. The summed E-state index contributed by atoms with van der Waals surface area (Å²) in [7, 11) is 0. The van der Waals surface area contributed by atoms with Gasteiger partial charge in [-0.15, -0.1) is 0 Å². The fourth-order valence-electron chi connectivity index (χ4n) is 4.94. The molecule has 0 bridgehead atoms. The molecule has 0 aliphatic heterocycles. The van der Waals surface area contributed by atoms with Crippen LogP contribution >= 0.6 is 0 Å². The van der Waals surface area contributed by atoms with Crippen LogP contribution in [-0.2, 0) is 0 Å². The van der Waals surface area contributed by atoms with E-state index in [1.165, 1.54) is 11.1 Å². The first-order valence-electron chi connectivity index (χ1n) is 26.0. The normalized spacial score (nSPS) is 9.47. The lowest BCUT2D eigenvalue weighted by Crippen LogP contribution is -2.19. The van der Waals surface area contributed by atoms with E-state index in [1.54, 1.807) is 24.3 Å². The molecule has 0 saturated carbocycles. The first-order valence-corrected chi connectivity index (χ1v) is 26.0. The molecule has 0 saturated heterocycles. The van der Waals surface area contributed by atoms with Gasteiger partial charge in [0.15, 0.2) is 0 Å². The largest absolute Gasteiger partial charge is 0.315 e. The van der Waals surface area contributed by atoms with Crippen LogP contribution in [0.15, 0.2) is 220 Å². The number of benzene rings is 3. The summed E-state index contributed by atoms with van der Waals surface area (Å²) in [4.78, 5) is 4.37. The van der Waals surface area contributed by atoms with Crippen LogP contribution in [0.2, 0.25) is 0 Å². The van der Waals surface area contributed by atoms with Gasteiger partial charge in [-0.05, 0) is 111 Å². The Bertz CT molecular complexity index is 1710. The number of hydrogen-bond acceptors (Lipinski definition) is 2. The summed E-state index contributed by atoms with van der Waals surface area (Å²) in [6.45, 7) is 70.6. The minimum Gasteiger partial charge on any atom is -0.315 e. The van der Waals surface area contributed by atoms with Gasteiger partial charge in [-0.25, -0.2) is 0 Å². The van der Waals surface area contributed by atoms with Crippen molar-refractivity contribution >= 4 is 11.4 Å². The minimum absolute atomic E-state index is 0.924. The van der Waals surface area contributed by atoms with Crippen molar-refractivity contribution in [3.05, 3.63) is 220 Å². The molecule has 2 heteroatoms. The van der Waals surface area contributed by atoms with E-state index >= 15 is 0 Å². The molecule has 0 aromatic heterocycles. The van der Waals surface area contributed by atoms with Crippen LogP contribution in [0.4, 0.5) is 11.4 Å². The molecule has 2 nitrogen and oxygen atoms in total. The highest BCUT2D eigenvalue weighted by Gasteiger charge is 2.14. The second-order valence-electron chi connectivity index (χ2n) is 10.4. The molecule has 68 heavy (non-hydrogen) atoms. The van der Waals surface area contributed by atoms with E-state index < -0.39 is 0 Å². The van der Waals surface area contributed by atoms with E-state index in [2.05, 4.69) is 154 Å². The van der Waals surface area contributed by atoms with Crippen molar-refractivity contribution in [2.45, 2.75) is 166 Å². The molecule has 0 radical (unpaired) electrons. The molecule has 384 valence electrons. The Balaban J connectivity index is -0.000000178. The zero-order valence-corrected chi connectivity index (χ0v) is 49.1. The number of rotatable bonds is 15. The molecule has 0 unspecified atom stereocenters. The Labute approximate surface area is 427 Å². The second kappa shape index (κ2) is 70.2. The highest BCUT2D eigenvalue weighted by Crippen LogP contribution is 2.32. The Morgan fingerprint density at radius 1 is 0.338 bits per heavy atom. The summed E-state index contributed by atoms with van der Waals surface area (Å²) in [6.07, 6.45) is 26.8. The van der Waals surface area contributed by atoms with Crippen molar-refractivity contribution in [2.24, 2.45) is 0 Å². The number of nitrogens with zero attached hydrogens (tertiary/aromatic N) is 2. The topological polar surface area (TPSA) is 6.48 Å². The predicted molar refractivity (Wildman–Crippen MR) is 330 cm³/mol. The predicted octanol–water partition coefficient (Wildman–Crippen LogP) is 23.7. The highest BCUT2D eigenvalue weighted by molar-refractivity contribution is 5.74. The molecule has 0 aliphatic rings. The molecule has 3 aromatic rings. The monoisotopic (exact) mass is 931 g/mol. The molecule has 0 spiro atoms. The Hall–Kier alpha value is -5.86.